The lowest BCUT2D eigenvalue weighted by Gasteiger charge is -2.32. The van der Waals surface area contributed by atoms with E-state index in [1.807, 2.05) is 87.2 Å². The maximum Gasteiger partial charge on any atom is 0.497 e. The first-order valence-corrected chi connectivity index (χ1v) is 11.8. The molecular formula is C28H33BFNO4. The molecular weight excluding hydrogens is 444 g/mol. The molecule has 0 N–H and O–H groups in total. The molecule has 1 aliphatic heterocycles. The normalized spacial score (nSPS) is 16.3. The van der Waals surface area contributed by atoms with Gasteiger partial charge < -0.3 is 23.7 Å². The molecule has 184 valence electrons. The first-order valence-electron chi connectivity index (χ1n) is 11.8. The minimum absolute atomic E-state index is 0.340. The third-order valence-electron chi connectivity index (χ3n) is 6.92. The highest BCUT2D eigenvalue weighted by Crippen LogP contribution is 2.37. The number of ether oxygens (including phenoxy) is 2. The third kappa shape index (κ3) is 5.31. The highest BCUT2D eigenvalue weighted by molar-refractivity contribution is 6.62. The second kappa shape index (κ2) is 9.92. The fourth-order valence-electron chi connectivity index (χ4n) is 4.06. The molecule has 0 amide bonds. The van der Waals surface area contributed by atoms with Gasteiger partial charge in [-0.25, -0.2) is 4.39 Å². The van der Waals surface area contributed by atoms with Gasteiger partial charge in [-0.05, 0) is 69.2 Å². The number of anilines is 1. The van der Waals surface area contributed by atoms with Crippen molar-refractivity contribution in [2.24, 2.45) is 0 Å². The Morgan fingerprint density at radius 1 is 0.743 bits per heavy atom. The molecule has 0 bridgehead atoms. The van der Waals surface area contributed by atoms with Gasteiger partial charge in [0.1, 0.15) is 17.3 Å². The Morgan fingerprint density at radius 3 is 1.63 bits per heavy atom. The molecule has 0 unspecified atom stereocenters. The number of hydrogen-bond donors (Lipinski definition) is 0. The Balaban J connectivity index is 1.68. The second-order valence-corrected chi connectivity index (χ2v) is 9.82. The number of rotatable bonds is 8. The first-order chi connectivity index (χ1) is 16.6. The Morgan fingerprint density at radius 2 is 1.20 bits per heavy atom. The van der Waals surface area contributed by atoms with E-state index in [0.717, 1.165) is 22.6 Å². The Kier molecular flexibility index (Phi) is 7.11. The highest BCUT2D eigenvalue weighted by atomic mass is 19.1. The van der Waals surface area contributed by atoms with Gasteiger partial charge in [-0.2, -0.15) is 0 Å². The van der Waals surface area contributed by atoms with Crippen LogP contribution in [-0.4, -0.2) is 32.5 Å². The summed E-state index contributed by atoms with van der Waals surface area (Å²) in [6, 6.07) is 21.0. The van der Waals surface area contributed by atoms with Crippen molar-refractivity contribution >= 4 is 18.3 Å². The third-order valence-corrected chi connectivity index (χ3v) is 6.92. The number of methoxy groups -OCH3 is 2. The molecule has 0 aromatic heterocycles. The molecule has 1 heterocycles. The topological polar surface area (TPSA) is 40.2 Å². The van der Waals surface area contributed by atoms with E-state index < -0.39 is 18.3 Å². The SMILES string of the molecule is COc1ccc(CN(Cc2ccc(OC)cc2)c2cccc(B3OC(C)(C)C(C)(C)O3)c2F)cc1. The Labute approximate surface area is 207 Å². The minimum Gasteiger partial charge on any atom is -0.497 e. The molecule has 1 fully saturated rings. The van der Waals surface area contributed by atoms with Crippen LogP contribution >= 0.6 is 0 Å². The van der Waals surface area contributed by atoms with Crippen LogP contribution in [0.4, 0.5) is 10.1 Å². The van der Waals surface area contributed by atoms with Gasteiger partial charge >= 0.3 is 7.12 Å². The highest BCUT2D eigenvalue weighted by Gasteiger charge is 2.52. The number of nitrogens with zero attached hydrogens (tertiary/aromatic N) is 1. The van der Waals surface area contributed by atoms with E-state index in [-0.39, 0.29) is 5.82 Å². The van der Waals surface area contributed by atoms with E-state index in [1.165, 1.54) is 0 Å². The van der Waals surface area contributed by atoms with Crippen molar-refractivity contribution in [3.63, 3.8) is 0 Å². The van der Waals surface area contributed by atoms with Gasteiger partial charge in [-0.3, -0.25) is 0 Å². The summed E-state index contributed by atoms with van der Waals surface area (Å²) in [5.74, 6) is 1.22. The number of benzene rings is 3. The summed E-state index contributed by atoms with van der Waals surface area (Å²) in [6.07, 6.45) is 0. The smallest absolute Gasteiger partial charge is 0.497 e. The molecule has 0 atom stereocenters. The van der Waals surface area contributed by atoms with Gasteiger partial charge in [-0.1, -0.05) is 36.4 Å². The largest absolute Gasteiger partial charge is 0.497 e. The molecule has 7 heteroatoms. The van der Waals surface area contributed by atoms with Crippen molar-refractivity contribution in [3.8, 4) is 11.5 Å². The van der Waals surface area contributed by atoms with Crippen molar-refractivity contribution in [3.05, 3.63) is 83.7 Å². The molecule has 0 saturated carbocycles. The van der Waals surface area contributed by atoms with E-state index >= 15 is 4.39 Å². The standard InChI is InChI=1S/C28H33BFNO4/c1-27(2)28(3,4)35-29(34-27)24-8-7-9-25(26(24)30)31(18-20-10-14-22(32-5)15-11-20)19-21-12-16-23(33-6)17-13-21/h7-17H,18-19H2,1-6H3. The number of hydrogen-bond acceptors (Lipinski definition) is 5. The second-order valence-electron chi connectivity index (χ2n) is 9.82. The average Bonchev–Trinajstić information content (AvgIpc) is 3.06. The predicted octanol–water partition coefficient (Wildman–Crippen LogP) is 5.35. The zero-order chi connectivity index (χ0) is 25.2. The first kappa shape index (κ1) is 25.1. The van der Waals surface area contributed by atoms with E-state index in [2.05, 4.69) is 0 Å². The van der Waals surface area contributed by atoms with E-state index in [1.54, 1.807) is 26.4 Å². The van der Waals surface area contributed by atoms with Crippen LogP contribution in [0.3, 0.4) is 0 Å². The van der Waals surface area contributed by atoms with Gasteiger partial charge in [0.15, 0.2) is 0 Å². The van der Waals surface area contributed by atoms with Crippen LogP contribution in [0.15, 0.2) is 66.7 Å². The summed E-state index contributed by atoms with van der Waals surface area (Å²) in [5.41, 5.74) is 1.87. The van der Waals surface area contributed by atoms with Gasteiger partial charge in [0.25, 0.3) is 0 Å². The fraction of sp³-hybridized carbons (Fsp3) is 0.357. The quantitative estimate of drug-likeness (QED) is 0.409. The summed E-state index contributed by atoms with van der Waals surface area (Å²) in [6.45, 7) is 8.89. The maximum atomic E-state index is 16.1. The Bertz CT molecular complexity index is 1080. The lowest BCUT2D eigenvalue weighted by atomic mass is 9.78. The Hall–Kier alpha value is -3.03. The van der Waals surface area contributed by atoms with E-state index in [4.69, 9.17) is 18.8 Å². The molecule has 4 rings (SSSR count). The molecule has 0 radical (unpaired) electrons. The monoisotopic (exact) mass is 477 g/mol. The zero-order valence-corrected chi connectivity index (χ0v) is 21.3. The molecule has 5 nitrogen and oxygen atoms in total. The van der Waals surface area contributed by atoms with Gasteiger partial charge in [0.2, 0.25) is 0 Å². The summed E-state index contributed by atoms with van der Waals surface area (Å²) in [4.78, 5) is 2.02. The van der Waals surface area contributed by atoms with Crippen molar-refractivity contribution < 1.29 is 23.2 Å². The summed E-state index contributed by atoms with van der Waals surface area (Å²) >= 11 is 0. The van der Waals surface area contributed by atoms with E-state index in [0.29, 0.717) is 24.2 Å². The van der Waals surface area contributed by atoms with Crippen molar-refractivity contribution in [1.82, 2.24) is 0 Å². The fourth-order valence-corrected chi connectivity index (χ4v) is 4.06. The van der Waals surface area contributed by atoms with Crippen molar-refractivity contribution in [2.75, 3.05) is 19.1 Å². The van der Waals surface area contributed by atoms with Crippen LogP contribution < -0.4 is 19.8 Å². The zero-order valence-electron chi connectivity index (χ0n) is 21.3. The lowest BCUT2D eigenvalue weighted by Crippen LogP contribution is -2.41. The van der Waals surface area contributed by atoms with Gasteiger partial charge in [-0.15, -0.1) is 0 Å². The molecule has 3 aromatic carbocycles. The van der Waals surface area contributed by atoms with Gasteiger partial charge in [0.05, 0.1) is 31.1 Å². The van der Waals surface area contributed by atoms with Crippen LogP contribution in [0.2, 0.25) is 0 Å². The van der Waals surface area contributed by atoms with Crippen molar-refractivity contribution in [1.29, 1.82) is 0 Å². The molecule has 35 heavy (non-hydrogen) atoms. The lowest BCUT2D eigenvalue weighted by molar-refractivity contribution is 0.00578. The predicted molar refractivity (Wildman–Crippen MR) is 138 cm³/mol. The molecule has 0 spiro atoms. The van der Waals surface area contributed by atoms with Crippen LogP contribution in [0.5, 0.6) is 11.5 Å². The van der Waals surface area contributed by atoms with Gasteiger partial charge in [0, 0.05) is 18.6 Å². The average molecular weight is 477 g/mol. The van der Waals surface area contributed by atoms with E-state index in [9.17, 15) is 0 Å². The minimum atomic E-state index is -0.774. The van der Waals surface area contributed by atoms with Crippen LogP contribution in [-0.2, 0) is 22.4 Å². The van der Waals surface area contributed by atoms with Crippen molar-refractivity contribution in [2.45, 2.75) is 52.0 Å². The molecule has 1 saturated heterocycles. The molecule has 0 aliphatic carbocycles. The van der Waals surface area contributed by atoms with Crippen LogP contribution in [0.25, 0.3) is 0 Å². The summed E-state index contributed by atoms with van der Waals surface area (Å²) in [7, 11) is 2.51. The van der Waals surface area contributed by atoms with Crippen LogP contribution in [0.1, 0.15) is 38.8 Å². The van der Waals surface area contributed by atoms with Crippen LogP contribution in [0, 0.1) is 5.82 Å². The maximum absolute atomic E-state index is 16.1. The number of halogens is 1. The summed E-state index contributed by atoms with van der Waals surface area (Å²) in [5, 5.41) is 0. The molecule has 3 aromatic rings. The molecule has 1 aliphatic rings. The summed E-state index contributed by atoms with van der Waals surface area (Å²) < 4.78 is 38.9.